The van der Waals surface area contributed by atoms with Gasteiger partial charge in [-0.2, -0.15) is 4.98 Å². The summed E-state index contributed by atoms with van der Waals surface area (Å²) in [6.07, 6.45) is 1.99. The van der Waals surface area contributed by atoms with Crippen molar-refractivity contribution in [3.63, 3.8) is 0 Å². The highest BCUT2D eigenvalue weighted by atomic mass is 16.5. The third kappa shape index (κ3) is 2.42. The van der Waals surface area contributed by atoms with E-state index in [1.165, 1.54) is 5.56 Å². The number of benzene rings is 1. The van der Waals surface area contributed by atoms with Crippen LogP contribution in [-0.2, 0) is 21.5 Å². The van der Waals surface area contributed by atoms with Crippen LogP contribution in [0.15, 0.2) is 22.7 Å². The molecule has 2 aromatic rings. The number of hydrogen-bond donors (Lipinski definition) is 0. The normalized spacial score (nSPS) is 22.6. The second kappa shape index (κ2) is 5.62. The van der Waals surface area contributed by atoms with Gasteiger partial charge < -0.3 is 18.7 Å². The van der Waals surface area contributed by atoms with Crippen molar-refractivity contribution in [1.82, 2.24) is 10.1 Å². The van der Waals surface area contributed by atoms with E-state index in [4.69, 9.17) is 18.7 Å². The van der Waals surface area contributed by atoms with Gasteiger partial charge in [-0.1, -0.05) is 23.4 Å². The third-order valence-electron chi connectivity index (χ3n) is 4.77. The van der Waals surface area contributed by atoms with E-state index in [0.717, 1.165) is 30.6 Å². The predicted octanol–water partition coefficient (Wildman–Crippen LogP) is 2.71. The SMILES string of the molecule is COC1(c2noc(C3Cc4cccc(C)c4O3)n2)CCOCC1. The molecule has 1 fully saturated rings. The lowest BCUT2D eigenvalue weighted by Gasteiger charge is -2.32. The van der Waals surface area contributed by atoms with Crippen LogP contribution in [0.5, 0.6) is 5.75 Å². The van der Waals surface area contributed by atoms with E-state index in [-0.39, 0.29) is 6.10 Å². The van der Waals surface area contributed by atoms with Gasteiger partial charge in [-0.3, -0.25) is 0 Å². The van der Waals surface area contributed by atoms with Crippen molar-refractivity contribution >= 4 is 0 Å². The second-order valence-corrected chi connectivity index (χ2v) is 6.14. The first-order valence-electron chi connectivity index (χ1n) is 7.94. The Hall–Kier alpha value is -1.92. The summed E-state index contributed by atoms with van der Waals surface area (Å²) in [6.45, 7) is 3.33. The van der Waals surface area contributed by atoms with Crippen LogP contribution in [0, 0.1) is 6.92 Å². The summed E-state index contributed by atoms with van der Waals surface area (Å²) in [5.41, 5.74) is 1.80. The zero-order valence-electron chi connectivity index (χ0n) is 13.4. The smallest absolute Gasteiger partial charge is 0.268 e. The first kappa shape index (κ1) is 14.7. The van der Waals surface area contributed by atoms with Crippen LogP contribution in [0.1, 0.15) is 41.8 Å². The van der Waals surface area contributed by atoms with Gasteiger partial charge in [0.15, 0.2) is 6.10 Å². The molecular weight excluding hydrogens is 296 g/mol. The molecule has 6 heteroatoms. The van der Waals surface area contributed by atoms with E-state index in [2.05, 4.69) is 16.2 Å². The third-order valence-corrected chi connectivity index (χ3v) is 4.77. The molecule has 2 aliphatic rings. The number of methoxy groups -OCH3 is 1. The van der Waals surface area contributed by atoms with Crippen molar-refractivity contribution < 1.29 is 18.7 Å². The minimum absolute atomic E-state index is 0.221. The summed E-state index contributed by atoms with van der Waals surface area (Å²) in [7, 11) is 1.69. The highest BCUT2D eigenvalue weighted by Crippen LogP contribution is 2.39. The van der Waals surface area contributed by atoms with Crippen molar-refractivity contribution in [1.29, 1.82) is 0 Å². The van der Waals surface area contributed by atoms with Crippen LogP contribution < -0.4 is 4.74 Å². The van der Waals surface area contributed by atoms with E-state index < -0.39 is 5.60 Å². The molecule has 0 spiro atoms. The summed E-state index contributed by atoms with van der Waals surface area (Å²) in [4.78, 5) is 4.59. The van der Waals surface area contributed by atoms with Crippen molar-refractivity contribution in [2.75, 3.05) is 20.3 Å². The van der Waals surface area contributed by atoms with Gasteiger partial charge in [0.25, 0.3) is 5.89 Å². The highest BCUT2D eigenvalue weighted by molar-refractivity contribution is 5.44. The number of para-hydroxylation sites is 1. The molecule has 1 unspecified atom stereocenters. The van der Waals surface area contributed by atoms with Gasteiger partial charge in [0.1, 0.15) is 11.4 Å². The van der Waals surface area contributed by atoms with Crippen molar-refractivity contribution in [2.24, 2.45) is 0 Å². The molecule has 0 amide bonds. The van der Waals surface area contributed by atoms with Crippen LogP contribution in [0.4, 0.5) is 0 Å². The number of aromatic nitrogens is 2. The average Bonchev–Trinajstić information content (AvgIpc) is 3.23. The molecule has 0 N–H and O–H groups in total. The highest BCUT2D eigenvalue weighted by Gasteiger charge is 2.40. The molecule has 1 saturated heterocycles. The van der Waals surface area contributed by atoms with Crippen molar-refractivity contribution in [3.05, 3.63) is 41.0 Å². The largest absolute Gasteiger partial charge is 0.480 e. The van der Waals surface area contributed by atoms with Crippen molar-refractivity contribution in [3.8, 4) is 5.75 Å². The molecule has 122 valence electrons. The Morgan fingerprint density at radius 2 is 2.09 bits per heavy atom. The average molecular weight is 316 g/mol. The van der Waals surface area contributed by atoms with Gasteiger partial charge in [-0.05, 0) is 18.1 Å². The lowest BCUT2D eigenvalue weighted by molar-refractivity contribution is -0.101. The van der Waals surface area contributed by atoms with Crippen LogP contribution in [0.3, 0.4) is 0 Å². The lowest BCUT2D eigenvalue weighted by atomic mass is 9.93. The fraction of sp³-hybridized carbons (Fsp3) is 0.529. The zero-order chi connectivity index (χ0) is 15.9. The zero-order valence-corrected chi connectivity index (χ0v) is 13.4. The Labute approximate surface area is 134 Å². The van der Waals surface area contributed by atoms with Crippen LogP contribution >= 0.6 is 0 Å². The minimum atomic E-state index is -0.513. The molecule has 23 heavy (non-hydrogen) atoms. The Balaban J connectivity index is 1.59. The molecule has 0 saturated carbocycles. The molecule has 2 aliphatic heterocycles. The number of fused-ring (bicyclic) bond motifs is 1. The first-order valence-corrected chi connectivity index (χ1v) is 7.94. The Morgan fingerprint density at radius 3 is 2.83 bits per heavy atom. The number of hydrogen-bond acceptors (Lipinski definition) is 6. The van der Waals surface area contributed by atoms with E-state index in [1.807, 2.05) is 19.1 Å². The topological polar surface area (TPSA) is 66.6 Å². The molecule has 1 aromatic carbocycles. The van der Waals surface area contributed by atoms with Crippen molar-refractivity contribution in [2.45, 2.75) is 37.9 Å². The maximum atomic E-state index is 6.03. The van der Waals surface area contributed by atoms with Gasteiger partial charge in [-0.25, -0.2) is 0 Å². The van der Waals surface area contributed by atoms with Crippen LogP contribution in [-0.4, -0.2) is 30.5 Å². The number of aryl methyl sites for hydroxylation is 1. The van der Waals surface area contributed by atoms with Gasteiger partial charge in [-0.15, -0.1) is 0 Å². The number of rotatable bonds is 3. The summed E-state index contributed by atoms with van der Waals surface area (Å²) in [6, 6.07) is 6.16. The molecule has 1 atom stereocenters. The standard InChI is InChI=1S/C17H20N2O4/c1-11-4-3-5-12-10-13(22-14(11)12)15-18-16(19-23-15)17(20-2)6-8-21-9-7-17/h3-5,13H,6-10H2,1-2H3. The monoisotopic (exact) mass is 316 g/mol. The molecule has 4 rings (SSSR count). The van der Waals surface area contributed by atoms with Crippen LogP contribution in [0.2, 0.25) is 0 Å². The summed E-state index contributed by atoms with van der Waals surface area (Å²) >= 11 is 0. The van der Waals surface area contributed by atoms with E-state index in [0.29, 0.717) is 24.9 Å². The van der Waals surface area contributed by atoms with E-state index in [1.54, 1.807) is 7.11 Å². The van der Waals surface area contributed by atoms with E-state index >= 15 is 0 Å². The summed E-state index contributed by atoms with van der Waals surface area (Å²) < 4.78 is 22.7. The second-order valence-electron chi connectivity index (χ2n) is 6.14. The van der Waals surface area contributed by atoms with Crippen LogP contribution in [0.25, 0.3) is 0 Å². The number of ether oxygens (including phenoxy) is 3. The summed E-state index contributed by atoms with van der Waals surface area (Å²) in [5.74, 6) is 2.04. The van der Waals surface area contributed by atoms with Gasteiger partial charge in [0, 0.05) is 39.6 Å². The van der Waals surface area contributed by atoms with E-state index in [9.17, 15) is 0 Å². The van der Waals surface area contributed by atoms with Gasteiger partial charge in [0.05, 0.1) is 0 Å². The molecule has 6 nitrogen and oxygen atoms in total. The molecule has 0 radical (unpaired) electrons. The van der Waals surface area contributed by atoms with Gasteiger partial charge in [0.2, 0.25) is 5.82 Å². The Morgan fingerprint density at radius 1 is 1.26 bits per heavy atom. The maximum Gasteiger partial charge on any atom is 0.268 e. The molecular formula is C17H20N2O4. The fourth-order valence-corrected chi connectivity index (χ4v) is 3.34. The maximum absolute atomic E-state index is 6.03. The Bertz CT molecular complexity index is 706. The fourth-order valence-electron chi connectivity index (χ4n) is 3.34. The molecule has 1 aromatic heterocycles. The van der Waals surface area contributed by atoms with Gasteiger partial charge >= 0.3 is 0 Å². The lowest BCUT2D eigenvalue weighted by Crippen LogP contribution is -2.36. The Kier molecular flexibility index (Phi) is 3.58. The predicted molar refractivity (Wildman–Crippen MR) is 81.3 cm³/mol. The summed E-state index contributed by atoms with van der Waals surface area (Å²) in [5, 5.41) is 4.17. The minimum Gasteiger partial charge on any atom is -0.480 e. The molecule has 3 heterocycles. The molecule has 0 aliphatic carbocycles. The quantitative estimate of drug-likeness (QED) is 0.867. The number of nitrogens with zero attached hydrogens (tertiary/aromatic N) is 2. The first-order chi connectivity index (χ1) is 11.2. The molecule has 0 bridgehead atoms.